The maximum Gasteiger partial charge on any atom is 0.251 e. The summed E-state index contributed by atoms with van der Waals surface area (Å²) >= 11 is 0. The number of nitrogens with one attached hydrogen (secondary N) is 4. The van der Waals surface area contributed by atoms with Crippen molar-refractivity contribution in [2.45, 2.75) is 84.1 Å². The van der Waals surface area contributed by atoms with Crippen molar-refractivity contribution in [1.82, 2.24) is 30.9 Å². The summed E-state index contributed by atoms with van der Waals surface area (Å²) in [6.45, 7) is 5.35. The number of carbonyl (C=O) groups excluding carboxylic acids is 4. The number of hydrogen-bond donors (Lipinski definition) is 6. The molecule has 0 radical (unpaired) electrons. The molecule has 0 spiro atoms. The fraction of sp³-hybridized carbons (Fsp3) is 0.552. The Kier molecular flexibility index (Phi) is 15.3. The summed E-state index contributed by atoms with van der Waals surface area (Å²) in [5.41, 5.74) is 13.2. The Morgan fingerprint density at radius 3 is 2.33 bits per heavy atom. The van der Waals surface area contributed by atoms with Crippen LogP contribution in [0.4, 0.5) is 0 Å². The first-order valence-electron chi connectivity index (χ1n) is 14.7. The quantitative estimate of drug-likeness (QED) is 0.0691. The van der Waals surface area contributed by atoms with Gasteiger partial charge >= 0.3 is 0 Å². The van der Waals surface area contributed by atoms with Crippen LogP contribution in [0.25, 0.3) is 5.69 Å². The molecule has 0 aliphatic carbocycles. The number of primary amides is 1. The number of nitrogens with zero attached hydrogens (tertiary/aromatic N) is 3. The first kappa shape index (κ1) is 33.9. The second-order valence-electron chi connectivity index (χ2n) is 10.2. The van der Waals surface area contributed by atoms with Crippen molar-refractivity contribution in [2.75, 3.05) is 19.6 Å². The number of unbranched alkanes of at least 4 members (excludes halogenated alkanes) is 3. The van der Waals surface area contributed by atoms with Crippen molar-refractivity contribution in [3.8, 4) is 5.69 Å². The molecule has 0 saturated heterocycles. The van der Waals surface area contributed by atoms with Crippen molar-refractivity contribution >= 4 is 29.5 Å². The molecule has 1 unspecified atom stereocenters. The summed E-state index contributed by atoms with van der Waals surface area (Å²) in [4.78, 5) is 50.4. The molecule has 1 atom stereocenters. The number of rotatable bonds is 20. The van der Waals surface area contributed by atoms with Gasteiger partial charge in [0.25, 0.3) is 5.91 Å². The van der Waals surface area contributed by atoms with E-state index in [0.717, 1.165) is 43.5 Å². The maximum absolute atomic E-state index is 12.7. The minimum absolute atomic E-state index is 0.0214. The lowest BCUT2D eigenvalue weighted by atomic mass is 10.1. The summed E-state index contributed by atoms with van der Waals surface area (Å²) in [7, 11) is 0. The third-order valence-electron chi connectivity index (χ3n) is 6.62. The van der Waals surface area contributed by atoms with E-state index in [2.05, 4.69) is 31.3 Å². The molecular formula is C29H46N9O4+. The van der Waals surface area contributed by atoms with Crippen molar-refractivity contribution in [3.63, 3.8) is 0 Å². The molecule has 0 aliphatic rings. The molecule has 0 aliphatic heterocycles. The van der Waals surface area contributed by atoms with Gasteiger partial charge in [-0.15, -0.1) is 5.10 Å². The Labute approximate surface area is 247 Å². The topological polar surface area (TPSA) is 201 Å². The van der Waals surface area contributed by atoms with Gasteiger partial charge in [0.2, 0.25) is 23.6 Å². The Bertz CT molecular complexity index is 1180. The predicted molar refractivity (Wildman–Crippen MR) is 159 cm³/mol. The second-order valence-corrected chi connectivity index (χ2v) is 10.2. The molecule has 42 heavy (non-hydrogen) atoms. The van der Waals surface area contributed by atoms with Gasteiger partial charge in [0, 0.05) is 38.4 Å². The summed E-state index contributed by atoms with van der Waals surface area (Å²) in [5, 5.41) is 16.8. The van der Waals surface area contributed by atoms with Gasteiger partial charge in [0.1, 0.15) is 6.04 Å². The molecule has 0 bridgehead atoms. The lowest BCUT2D eigenvalue weighted by Gasteiger charge is -2.15. The third-order valence-corrected chi connectivity index (χ3v) is 6.62. The zero-order valence-corrected chi connectivity index (χ0v) is 24.8. The average molecular weight is 585 g/mol. The highest BCUT2D eigenvalue weighted by molar-refractivity contribution is 5.97. The Morgan fingerprint density at radius 2 is 1.67 bits per heavy atom. The molecule has 13 heteroatoms. The van der Waals surface area contributed by atoms with Gasteiger partial charge in [-0.2, -0.15) is 0 Å². The van der Waals surface area contributed by atoms with Crippen LogP contribution >= 0.6 is 0 Å². The average Bonchev–Trinajstić information content (AvgIpc) is 3.45. The van der Waals surface area contributed by atoms with Crippen LogP contribution in [0.5, 0.6) is 0 Å². The van der Waals surface area contributed by atoms with Gasteiger partial charge in [-0.25, -0.2) is 4.68 Å². The zero-order chi connectivity index (χ0) is 30.7. The standard InChI is InChI=1S/C29H45N9O4/c1-3-26(30)33-19-9-11-25(28(31)41)35-29(42)22-13-15-24(16-14-22)38-20-23(36-37-38)10-5-6-12-27(40)34-18-8-4-7-17-32-21(2)39/h13-16,20,25H,3-12,17-19H2,1-2H3,(H2,30,33)(H2,31,41)(H,32,39)(H,34,40)(H,35,42)/p+1. The van der Waals surface area contributed by atoms with Crippen LogP contribution in [0.2, 0.25) is 0 Å². The third kappa shape index (κ3) is 13.4. The highest BCUT2D eigenvalue weighted by Crippen LogP contribution is 2.11. The van der Waals surface area contributed by atoms with Crippen LogP contribution in [-0.2, 0) is 20.8 Å². The van der Waals surface area contributed by atoms with Crippen molar-refractivity contribution < 1.29 is 24.2 Å². The molecule has 1 aromatic heterocycles. The van der Waals surface area contributed by atoms with Crippen LogP contribution in [-0.4, -0.2) is 70.1 Å². The molecule has 2 rings (SSSR count). The Balaban J connectivity index is 1.71. The number of benzene rings is 1. The molecule has 13 nitrogen and oxygen atoms in total. The normalized spacial score (nSPS) is 12.0. The lowest BCUT2D eigenvalue weighted by Crippen LogP contribution is -2.75. The van der Waals surface area contributed by atoms with E-state index in [1.807, 2.05) is 13.1 Å². The minimum Gasteiger partial charge on any atom is -0.368 e. The van der Waals surface area contributed by atoms with Crippen LogP contribution in [0, 0.1) is 0 Å². The number of nitrogens with two attached hydrogens (primary N) is 2. The van der Waals surface area contributed by atoms with Crippen LogP contribution in [0.3, 0.4) is 0 Å². The van der Waals surface area contributed by atoms with E-state index in [-0.39, 0.29) is 17.7 Å². The van der Waals surface area contributed by atoms with E-state index < -0.39 is 11.9 Å². The minimum atomic E-state index is -0.780. The van der Waals surface area contributed by atoms with Crippen LogP contribution < -0.4 is 32.4 Å². The highest BCUT2D eigenvalue weighted by atomic mass is 16.2. The van der Waals surface area contributed by atoms with Gasteiger partial charge in [-0.05, 0) is 75.6 Å². The Morgan fingerprint density at radius 1 is 0.952 bits per heavy atom. The zero-order valence-electron chi connectivity index (χ0n) is 24.8. The SMILES string of the molecule is CCC(N)=[NH+]CCCC(NC(=O)c1ccc(-n2cc(CCCCC(=O)NCCCCCNC(C)=O)nn2)cc1)C(N)=O. The molecule has 1 aromatic carbocycles. The van der Waals surface area contributed by atoms with Gasteiger partial charge in [-0.3, -0.25) is 29.9 Å². The first-order chi connectivity index (χ1) is 20.2. The summed E-state index contributed by atoms with van der Waals surface area (Å²) in [6, 6.07) is 6.04. The number of aromatic nitrogens is 3. The van der Waals surface area contributed by atoms with Gasteiger partial charge in [0.05, 0.1) is 24.1 Å². The van der Waals surface area contributed by atoms with E-state index in [1.54, 1.807) is 28.9 Å². The second kappa shape index (κ2) is 18.9. The summed E-state index contributed by atoms with van der Waals surface area (Å²) in [6.07, 6.45) is 9.03. The molecule has 0 saturated carbocycles. The Hall–Kier alpha value is -4.29. The van der Waals surface area contributed by atoms with Crippen molar-refractivity contribution in [2.24, 2.45) is 11.5 Å². The largest absolute Gasteiger partial charge is 0.368 e. The van der Waals surface area contributed by atoms with E-state index in [1.165, 1.54) is 6.92 Å². The van der Waals surface area contributed by atoms with E-state index in [9.17, 15) is 19.2 Å². The number of amidine groups is 1. The molecule has 0 fully saturated rings. The number of aryl methyl sites for hydroxylation is 1. The molecule has 230 valence electrons. The van der Waals surface area contributed by atoms with Gasteiger partial charge in [0.15, 0.2) is 0 Å². The number of hydrogen-bond acceptors (Lipinski definition) is 6. The summed E-state index contributed by atoms with van der Waals surface area (Å²) in [5.74, 6) is -0.279. The van der Waals surface area contributed by atoms with Gasteiger partial charge < -0.3 is 21.7 Å². The van der Waals surface area contributed by atoms with E-state index in [4.69, 9.17) is 11.5 Å². The van der Waals surface area contributed by atoms with E-state index in [0.29, 0.717) is 63.1 Å². The molecular weight excluding hydrogens is 538 g/mol. The fourth-order valence-corrected chi connectivity index (χ4v) is 4.11. The summed E-state index contributed by atoms with van der Waals surface area (Å²) < 4.78 is 1.63. The van der Waals surface area contributed by atoms with Crippen molar-refractivity contribution in [3.05, 3.63) is 41.7 Å². The predicted octanol–water partition coefficient (Wildman–Crippen LogP) is -0.386. The highest BCUT2D eigenvalue weighted by Gasteiger charge is 2.19. The van der Waals surface area contributed by atoms with Crippen LogP contribution in [0.1, 0.15) is 87.7 Å². The molecule has 1 heterocycles. The smallest absolute Gasteiger partial charge is 0.251 e. The monoisotopic (exact) mass is 584 g/mol. The van der Waals surface area contributed by atoms with Gasteiger partial charge in [-0.1, -0.05) is 12.1 Å². The van der Waals surface area contributed by atoms with Crippen molar-refractivity contribution in [1.29, 1.82) is 0 Å². The maximum atomic E-state index is 12.7. The van der Waals surface area contributed by atoms with E-state index >= 15 is 0 Å². The first-order valence-corrected chi connectivity index (χ1v) is 14.7. The number of carbonyl (C=O) groups is 4. The molecule has 8 N–H and O–H groups in total. The van der Waals surface area contributed by atoms with Crippen LogP contribution in [0.15, 0.2) is 30.5 Å². The molecule has 2 aromatic rings. The number of amides is 4. The molecule has 4 amide bonds. The lowest BCUT2D eigenvalue weighted by molar-refractivity contribution is -0.460. The fourth-order valence-electron chi connectivity index (χ4n) is 4.11.